The molecule has 0 heterocycles. The average Bonchev–Trinajstić information content (AvgIpc) is 2.69. The first kappa shape index (κ1) is 17.7. The molecule has 0 aliphatic rings. The van der Waals surface area contributed by atoms with Crippen LogP contribution >= 0.6 is 0 Å². The van der Waals surface area contributed by atoms with E-state index in [1.54, 1.807) is 66.7 Å². The number of amides is 1. The lowest BCUT2D eigenvalue weighted by molar-refractivity contribution is 0.100. The second-order valence-corrected chi connectivity index (χ2v) is 7.21. The third-order valence-corrected chi connectivity index (χ3v) is 5.52. The minimum absolute atomic E-state index is 0.0344. The van der Waals surface area contributed by atoms with Crippen molar-refractivity contribution in [3.8, 4) is 5.75 Å². The van der Waals surface area contributed by atoms with E-state index in [1.165, 1.54) is 25.3 Å². The molecule has 3 aromatic rings. The SMILES string of the molecule is COc1ccccc1C(=O)N(c1ccccc1)S(=O)(=O)c1ccccc1. The van der Waals surface area contributed by atoms with Crippen LogP contribution in [0.1, 0.15) is 10.4 Å². The number of carbonyl (C=O) groups excluding carboxylic acids is 1. The van der Waals surface area contributed by atoms with Crippen molar-refractivity contribution in [3.05, 3.63) is 90.5 Å². The molecule has 0 radical (unpaired) electrons. The first-order chi connectivity index (χ1) is 12.6. The maximum atomic E-state index is 13.2. The largest absolute Gasteiger partial charge is 0.496 e. The van der Waals surface area contributed by atoms with E-state index in [0.717, 1.165) is 4.31 Å². The minimum atomic E-state index is -4.10. The zero-order valence-electron chi connectivity index (χ0n) is 14.1. The topological polar surface area (TPSA) is 63.7 Å². The van der Waals surface area contributed by atoms with Crippen LogP contribution in [0, 0.1) is 0 Å². The maximum absolute atomic E-state index is 13.2. The van der Waals surface area contributed by atoms with Gasteiger partial charge in [-0.25, -0.2) is 8.42 Å². The van der Waals surface area contributed by atoms with E-state index in [9.17, 15) is 13.2 Å². The summed E-state index contributed by atoms with van der Waals surface area (Å²) in [5, 5.41) is 0. The van der Waals surface area contributed by atoms with Gasteiger partial charge in [0.05, 0.1) is 23.3 Å². The fourth-order valence-electron chi connectivity index (χ4n) is 2.56. The van der Waals surface area contributed by atoms with Crippen LogP contribution in [0.5, 0.6) is 5.75 Å². The van der Waals surface area contributed by atoms with Crippen molar-refractivity contribution in [3.63, 3.8) is 0 Å². The van der Waals surface area contributed by atoms with Gasteiger partial charge >= 0.3 is 0 Å². The summed E-state index contributed by atoms with van der Waals surface area (Å²) in [5.74, 6) is -0.376. The van der Waals surface area contributed by atoms with Crippen molar-refractivity contribution in [2.75, 3.05) is 11.4 Å². The molecule has 0 aliphatic heterocycles. The van der Waals surface area contributed by atoms with Crippen molar-refractivity contribution >= 4 is 21.6 Å². The Morgan fingerprint density at radius 1 is 0.808 bits per heavy atom. The van der Waals surface area contributed by atoms with E-state index in [-0.39, 0.29) is 16.1 Å². The quantitative estimate of drug-likeness (QED) is 0.689. The van der Waals surface area contributed by atoms with Crippen LogP contribution in [-0.2, 0) is 10.0 Å². The Labute approximate surface area is 152 Å². The van der Waals surface area contributed by atoms with Crippen LogP contribution in [-0.4, -0.2) is 21.4 Å². The molecule has 0 bridgehead atoms. The lowest BCUT2D eigenvalue weighted by Gasteiger charge is -2.23. The highest BCUT2D eigenvalue weighted by molar-refractivity contribution is 7.93. The maximum Gasteiger partial charge on any atom is 0.276 e. The standard InChI is InChI=1S/C20H17NO4S/c1-25-19-15-9-8-14-18(19)20(22)21(16-10-4-2-5-11-16)26(23,24)17-12-6-3-7-13-17/h2-15H,1H3. The number of carbonyl (C=O) groups is 1. The lowest BCUT2D eigenvalue weighted by Crippen LogP contribution is -2.37. The van der Waals surface area contributed by atoms with Crippen molar-refractivity contribution in [1.29, 1.82) is 0 Å². The van der Waals surface area contributed by atoms with Gasteiger partial charge in [0.15, 0.2) is 0 Å². The summed E-state index contributed by atoms with van der Waals surface area (Å²) in [7, 11) is -2.66. The summed E-state index contributed by atoms with van der Waals surface area (Å²) in [5.41, 5.74) is 0.422. The van der Waals surface area contributed by atoms with Crippen molar-refractivity contribution < 1.29 is 17.9 Å². The fourth-order valence-corrected chi connectivity index (χ4v) is 3.98. The molecule has 0 saturated carbocycles. The molecule has 26 heavy (non-hydrogen) atoms. The smallest absolute Gasteiger partial charge is 0.276 e. The summed E-state index contributed by atoms with van der Waals surface area (Å²) in [6.07, 6.45) is 0. The van der Waals surface area contributed by atoms with Crippen LogP contribution in [0.4, 0.5) is 5.69 Å². The minimum Gasteiger partial charge on any atom is -0.496 e. The van der Waals surface area contributed by atoms with Gasteiger partial charge in [0.25, 0.3) is 15.9 Å². The third kappa shape index (κ3) is 3.32. The molecular formula is C20H17NO4S. The molecule has 0 saturated heterocycles. The normalized spacial score (nSPS) is 11.0. The average molecular weight is 367 g/mol. The van der Waals surface area contributed by atoms with Crippen LogP contribution in [0.3, 0.4) is 0 Å². The first-order valence-electron chi connectivity index (χ1n) is 7.88. The van der Waals surface area contributed by atoms with E-state index in [0.29, 0.717) is 5.75 Å². The monoisotopic (exact) mass is 367 g/mol. The van der Waals surface area contributed by atoms with Crippen LogP contribution in [0.2, 0.25) is 0 Å². The molecule has 0 N–H and O–H groups in total. The number of benzene rings is 3. The van der Waals surface area contributed by atoms with E-state index < -0.39 is 15.9 Å². The predicted octanol–water partition coefficient (Wildman–Crippen LogP) is 3.73. The van der Waals surface area contributed by atoms with Gasteiger partial charge in [-0.15, -0.1) is 0 Å². The van der Waals surface area contributed by atoms with E-state index in [2.05, 4.69) is 0 Å². The van der Waals surface area contributed by atoms with Gasteiger partial charge in [-0.2, -0.15) is 4.31 Å². The predicted molar refractivity (Wildman–Crippen MR) is 99.9 cm³/mol. The molecule has 3 rings (SSSR count). The Morgan fingerprint density at radius 3 is 1.96 bits per heavy atom. The molecule has 0 atom stereocenters. The number of hydrogen-bond donors (Lipinski definition) is 0. The number of ether oxygens (including phenoxy) is 1. The summed E-state index contributed by atoms with van der Waals surface area (Å²) in [6, 6.07) is 22.7. The molecule has 1 amide bonds. The molecule has 0 spiro atoms. The van der Waals surface area contributed by atoms with Crippen molar-refractivity contribution in [1.82, 2.24) is 0 Å². The molecular weight excluding hydrogens is 350 g/mol. The Morgan fingerprint density at radius 2 is 1.35 bits per heavy atom. The van der Waals surface area contributed by atoms with Crippen LogP contribution in [0.25, 0.3) is 0 Å². The Balaban J connectivity index is 2.18. The number of nitrogens with zero attached hydrogens (tertiary/aromatic N) is 1. The van der Waals surface area contributed by atoms with E-state index >= 15 is 0 Å². The number of rotatable bonds is 5. The highest BCUT2D eigenvalue weighted by atomic mass is 32.2. The van der Waals surface area contributed by atoms with Gasteiger partial charge in [-0.3, -0.25) is 4.79 Å². The zero-order chi connectivity index (χ0) is 18.6. The molecule has 6 heteroatoms. The fraction of sp³-hybridized carbons (Fsp3) is 0.0500. The van der Waals surface area contributed by atoms with Gasteiger partial charge in [-0.1, -0.05) is 48.5 Å². The number of methoxy groups -OCH3 is 1. The van der Waals surface area contributed by atoms with Gasteiger partial charge < -0.3 is 4.74 Å². The highest BCUT2D eigenvalue weighted by Crippen LogP contribution is 2.28. The lowest BCUT2D eigenvalue weighted by atomic mass is 10.2. The Hall–Kier alpha value is -3.12. The number of anilines is 1. The molecule has 3 aromatic carbocycles. The third-order valence-electron chi connectivity index (χ3n) is 3.79. The Kier molecular flexibility index (Phi) is 5.04. The summed E-state index contributed by atoms with van der Waals surface area (Å²) in [6.45, 7) is 0. The van der Waals surface area contributed by atoms with Crippen molar-refractivity contribution in [2.24, 2.45) is 0 Å². The second kappa shape index (κ2) is 7.41. The second-order valence-electron chi connectivity index (χ2n) is 5.42. The summed E-state index contributed by atoms with van der Waals surface area (Å²) >= 11 is 0. The molecule has 0 fully saturated rings. The van der Waals surface area contributed by atoms with Gasteiger partial charge in [0.1, 0.15) is 5.75 Å². The molecule has 0 aliphatic carbocycles. The van der Waals surface area contributed by atoms with Gasteiger partial charge in [-0.05, 0) is 36.4 Å². The van der Waals surface area contributed by atoms with Gasteiger partial charge in [0.2, 0.25) is 0 Å². The first-order valence-corrected chi connectivity index (χ1v) is 9.32. The summed E-state index contributed by atoms with van der Waals surface area (Å²) < 4.78 is 32.5. The molecule has 5 nitrogen and oxygen atoms in total. The van der Waals surface area contributed by atoms with E-state index in [4.69, 9.17) is 4.74 Å². The molecule has 132 valence electrons. The number of para-hydroxylation sites is 2. The molecule has 0 unspecified atom stereocenters. The molecule has 0 aromatic heterocycles. The zero-order valence-corrected chi connectivity index (χ0v) is 14.9. The summed E-state index contributed by atoms with van der Waals surface area (Å²) in [4.78, 5) is 13.2. The highest BCUT2D eigenvalue weighted by Gasteiger charge is 2.32. The van der Waals surface area contributed by atoms with Crippen LogP contribution < -0.4 is 9.04 Å². The number of sulfonamides is 1. The van der Waals surface area contributed by atoms with E-state index in [1.807, 2.05) is 0 Å². The van der Waals surface area contributed by atoms with Crippen LogP contribution in [0.15, 0.2) is 89.8 Å². The van der Waals surface area contributed by atoms with Crippen molar-refractivity contribution in [2.45, 2.75) is 4.90 Å². The number of hydrogen-bond acceptors (Lipinski definition) is 4. The Bertz CT molecular complexity index is 1000. The van der Waals surface area contributed by atoms with Gasteiger partial charge in [0, 0.05) is 0 Å².